The highest BCUT2D eigenvalue weighted by molar-refractivity contribution is 6.33. The molecule has 150 valence electrons. The molecule has 2 aromatic carbocycles. The molecule has 1 aliphatic carbocycles. The molecule has 1 N–H and O–H groups in total. The van der Waals surface area contributed by atoms with Gasteiger partial charge in [0.15, 0.2) is 0 Å². The Labute approximate surface area is 172 Å². The molecule has 1 heterocycles. The fourth-order valence-electron chi connectivity index (χ4n) is 4.30. The summed E-state index contributed by atoms with van der Waals surface area (Å²) in [5.74, 6) is 0.958. The average molecular weight is 401 g/mol. The summed E-state index contributed by atoms with van der Waals surface area (Å²) in [7, 11) is 0. The van der Waals surface area contributed by atoms with Gasteiger partial charge in [-0.05, 0) is 55.0 Å². The number of benzene rings is 2. The SMILES string of the molecule is OC(COc1cccc2c1CCCC2)CN1CCN(c2ccccc2Cl)CC1. The molecule has 5 heteroatoms. The summed E-state index contributed by atoms with van der Waals surface area (Å²) >= 11 is 6.32. The van der Waals surface area contributed by atoms with E-state index >= 15 is 0 Å². The summed E-state index contributed by atoms with van der Waals surface area (Å²) in [6.07, 6.45) is 4.24. The highest BCUT2D eigenvalue weighted by Gasteiger charge is 2.21. The van der Waals surface area contributed by atoms with E-state index in [1.165, 1.54) is 24.0 Å². The number of β-amino-alcohol motifs (C(OH)–C–C–N with tert-alkyl or cyclic N) is 1. The maximum atomic E-state index is 10.5. The van der Waals surface area contributed by atoms with Crippen molar-refractivity contribution < 1.29 is 9.84 Å². The molecule has 1 atom stereocenters. The number of piperazine rings is 1. The zero-order valence-corrected chi connectivity index (χ0v) is 17.1. The number of fused-ring (bicyclic) bond motifs is 1. The second kappa shape index (κ2) is 9.17. The summed E-state index contributed by atoms with van der Waals surface area (Å²) in [6.45, 7) is 4.67. The van der Waals surface area contributed by atoms with Gasteiger partial charge in [-0.2, -0.15) is 0 Å². The van der Waals surface area contributed by atoms with Gasteiger partial charge in [-0.25, -0.2) is 0 Å². The summed E-state index contributed by atoms with van der Waals surface area (Å²) in [5.41, 5.74) is 3.85. The molecule has 1 saturated heterocycles. The summed E-state index contributed by atoms with van der Waals surface area (Å²) < 4.78 is 6.01. The maximum absolute atomic E-state index is 10.5. The van der Waals surface area contributed by atoms with Crippen LogP contribution >= 0.6 is 11.6 Å². The lowest BCUT2D eigenvalue weighted by atomic mass is 9.91. The normalized spacial score (nSPS) is 18.6. The van der Waals surface area contributed by atoms with E-state index in [-0.39, 0.29) is 0 Å². The molecule has 4 rings (SSSR count). The molecule has 1 unspecified atom stereocenters. The van der Waals surface area contributed by atoms with Crippen molar-refractivity contribution in [2.75, 3.05) is 44.2 Å². The Bertz CT molecular complexity index is 790. The van der Waals surface area contributed by atoms with Gasteiger partial charge in [0, 0.05) is 32.7 Å². The number of aliphatic hydroxyl groups excluding tert-OH is 1. The van der Waals surface area contributed by atoms with Gasteiger partial charge in [-0.15, -0.1) is 0 Å². The van der Waals surface area contributed by atoms with Gasteiger partial charge in [-0.1, -0.05) is 35.9 Å². The third-order valence-corrected chi connectivity index (χ3v) is 6.14. The Hall–Kier alpha value is -1.75. The highest BCUT2D eigenvalue weighted by atomic mass is 35.5. The molecule has 0 bridgehead atoms. The van der Waals surface area contributed by atoms with Gasteiger partial charge in [0.1, 0.15) is 18.5 Å². The first-order valence-corrected chi connectivity index (χ1v) is 10.7. The Kier molecular flexibility index (Phi) is 6.40. The lowest BCUT2D eigenvalue weighted by Crippen LogP contribution is -2.49. The molecular weight excluding hydrogens is 372 g/mol. The van der Waals surface area contributed by atoms with Crippen LogP contribution in [0.15, 0.2) is 42.5 Å². The Morgan fingerprint density at radius 1 is 0.964 bits per heavy atom. The van der Waals surface area contributed by atoms with E-state index in [0.29, 0.717) is 13.2 Å². The van der Waals surface area contributed by atoms with Crippen LogP contribution in [0.3, 0.4) is 0 Å². The van der Waals surface area contributed by atoms with Crippen molar-refractivity contribution in [1.29, 1.82) is 0 Å². The zero-order chi connectivity index (χ0) is 19.3. The molecule has 0 radical (unpaired) electrons. The molecule has 2 aromatic rings. The van der Waals surface area contributed by atoms with Gasteiger partial charge >= 0.3 is 0 Å². The van der Waals surface area contributed by atoms with Crippen LogP contribution in [0.5, 0.6) is 5.75 Å². The minimum absolute atomic E-state index is 0.348. The number of nitrogens with zero attached hydrogens (tertiary/aromatic N) is 2. The van der Waals surface area contributed by atoms with Gasteiger partial charge in [0.25, 0.3) is 0 Å². The topological polar surface area (TPSA) is 35.9 Å². The molecule has 4 nitrogen and oxygen atoms in total. The Balaban J connectivity index is 1.25. The van der Waals surface area contributed by atoms with Crippen LogP contribution in [0.1, 0.15) is 24.0 Å². The second-order valence-electron chi connectivity index (χ2n) is 7.80. The molecule has 0 spiro atoms. The largest absolute Gasteiger partial charge is 0.491 e. The smallest absolute Gasteiger partial charge is 0.122 e. The van der Waals surface area contributed by atoms with Crippen LogP contribution in [0.25, 0.3) is 0 Å². The van der Waals surface area contributed by atoms with Crippen LogP contribution in [-0.2, 0) is 12.8 Å². The van der Waals surface area contributed by atoms with E-state index in [1.807, 2.05) is 24.3 Å². The number of rotatable bonds is 6. The number of aliphatic hydroxyl groups is 1. The summed E-state index contributed by atoms with van der Waals surface area (Å²) in [6, 6.07) is 14.3. The monoisotopic (exact) mass is 400 g/mol. The van der Waals surface area contributed by atoms with Crippen molar-refractivity contribution >= 4 is 17.3 Å². The minimum atomic E-state index is -0.480. The molecular formula is C23H29ClN2O2. The predicted molar refractivity (Wildman–Crippen MR) is 115 cm³/mol. The van der Waals surface area contributed by atoms with Gasteiger partial charge < -0.3 is 14.7 Å². The van der Waals surface area contributed by atoms with Crippen LogP contribution in [0.2, 0.25) is 5.02 Å². The number of halogens is 1. The van der Waals surface area contributed by atoms with Crippen LogP contribution in [-0.4, -0.2) is 55.4 Å². The third-order valence-electron chi connectivity index (χ3n) is 5.82. The van der Waals surface area contributed by atoms with Crippen molar-refractivity contribution in [3.8, 4) is 5.75 Å². The molecule has 0 saturated carbocycles. The van der Waals surface area contributed by atoms with E-state index < -0.39 is 6.10 Å². The second-order valence-corrected chi connectivity index (χ2v) is 8.21. The number of para-hydroxylation sites is 1. The van der Waals surface area contributed by atoms with E-state index in [9.17, 15) is 5.11 Å². The minimum Gasteiger partial charge on any atom is -0.491 e. The molecule has 28 heavy (non-hydrogen) atoms. The van der Waals surface area contributed by atoms with Crippen LogP contribution in [0, 0.1) is 0 Å². The number of anilines is 1. The molecule has 2 aliphatic rings. The van der Waals surface area contributed by atoms with Crippen molar-refractivity contribution in [3.05, 3.63) is 58.6 Å². The first-order chi connectivity index (χ1) is 13.7. The lowest BCUT2D eigenvalue weighted by Gasteiger charge is -2.37. The first kappa shape index (κ1) is 19.6. The van der Waals surface area contributed by atoms with Crippen LogP contribution in [0.4, 0.5) is 5.69 Å². The predicted octanol–water partition coefficient (Wildman–Crippen LogP) is 3.78. The number of hydrogen-bond donors (Lipinski definition) is 1. The van der Waals surface area contributed by atoms with Crippen molar-refractivity contribution in [2.45, 2.75) is 31.8 Å². The van der Waals surface area contributed by atoms with Crippen molar-refractivity contribution in [1.82, 2.24) is 4.90 Å². The van der Waals surface area contributed by atoms with Gasteiger partial charge in [0.2, 0.25) is 0 Å². The Morgan fingerprint density at radius 2 is 1.75 bits per heavy atom. The van der Waals surface area contributed by atoms with Crippen molar-refractivity contribution in [3.63, 3.8) is 0 Å². The number of hydrogen-bond acceptors (Lipinski definition) is 4. The van der Waals surface area contributed by atoms with E-state index in [2.05, 4.69) is 28.0 Å². The zero-order valence-electron chi connectivity index (χ0n) is 16.3. The molecule has 0 aromatic heterocycles. The molecule has 1 aliphatic heterocycles. The van der Waals surface area contributed by atoms with E-state index in [1.54, 1.807) is 0 Å². The quantitative estimate of drug-likeness (QED) is 0.800. The fourth-order valence-corrected chi connectivity index (χ4v) is 4.55. The summed E-state index contributed by atoms with van der Waals surface area (Å²) in [4.78, 5) is 4.62. The third kappa shape index (κ3) is 4.62. The standard InChI is InChI=1S/C23H29ClN2O2/c24-21-9-3-4-10-22(21)26-14-12-25(13-15-26)16-19(27)17-28-23-11-5-7-18-6-1-2-8-20(18)23/h3-5,7,9-11,19,27H,1-2,6,8,12-17H2. The number of aryl methyl sites for hydroxylation is 1. The molecule has 1 fully saturated rings. The Morgan fingerprint density at radius 3 is 2.57 bits per heavy atom. The highest BCUT2D eigenvalue weighted by Crippen LogP contribution is 2.30. The van der Waals surface area contributed by atoms with Gasteiger partial charge in [0.05, 0.1) is 10.7 Å². The fraction of sp³-hybridized carbons (Fsp3) is 0.478. The van der Waals surface area contributed by atoms with Crippen LogP contribution < -0.4 is 9.64 Å². The summed E-state index contributed by atoms with van der Waals surface area (Å²) in [5, 5.41) is 11.3. The average Bonchev–Trinajstić information content (AvgIpc) is 2.73. The number of ether oxygens (including phenoxy) is 1. The van der Waals surface area contributed by atoms with Crippen molar-refractivity contribution in [2.24, 2.45) is 0 Å². The first-order valence-electron chi connectivity index (χ1n) is 10.3. The van der Waals surface area contributed by atoms with E-state index in [4.69, 9.17) is 16.3 Å². The maximum Gasteiger partial charge on any atom is 0.122 e. The van der Waals surface area contributed by atoms with E-state index in [0.717, 1.165) is 55.5 Å². The van der Waals surface area contributed by atoms with Gasteiger partial charge in [-0.3, -0.25) is 4.90 Å². The lowest BCUT2D eigenvalue weighted by molar-refractivity contribution is 0.0659. The molecule has 0 amide bonds.